The van der Waals surface area contributed by atoms with E-state index in [1.54, 1.807) is 32.4 Å². The number of piperazine rings is 1. The monoisotopic (exact) mass is 595 g/mol. The summed E-state index contributed by atoms with van der Waals surface area (Å²) in [6, 6.07) is 7.27. The van der Waals surface area contributed by atoms with Crippen LogP contribution in [0, 0.1) is 0 Å². The van der Waals surface area contributed by atoms with Crippen LogP contribution >= 0.6 is 11.3 Å². The Hall–Kier alpha value is -4.10. The molecular weight excluding hydrogens is 558 g/mol. The van der Waals surface area contributed by atoms with E-state index in [0.29, 0.717) is 42.8 Å². The lowest BCUT2D eigenvalue weighted by Crippen LogP contribution is -2.48. The van der Waals surface area contributed by atoms with Crippen molar-refractivity contribution in [3.8, 4) is 11.3 Å². The largest absolute Gasteiger partial charge is 0.444 e. The first-order valence-electron chi connectivity index (χ1n) is 13.7. The first-order chi connectivity index (χ1) is 20.0. The number of hydrogen-bond donors (Lipinski definition) is 1. The van der Waals surface area contributed by atoms with Crippen molar-refractivity contribution in [2.75, 3.05) is 56.6 Å². The molecule has 0 radical (unpaired) electrons. The smallest absolute Gasteiger partial charge is 0.410 e. The fourth-order valence-electron chi connectivity index (χ4n) is 4.19. The number of nitrogens with one attached hydrogen (secondary N) is 1. The molecule has 3 aromatic rings. The van der Waals surface area contributed by atoms with Crippen LogP contribution in [0.25, 0.3) is 11.3 Å². The summed E-state index contributed by atoms with van der Waals surface area (Å²) in [5.41, 5.74) is 2.79. The van der Waals surface area contributed by atoms with E-state index in [4.69, 9.17) is 9.47 Å². The molecule has 1 saturated heterocycles. The van der Waals surface area contributed by atoms with Gasteiger partial charge in [-0.1, -0.05) is 0 Å². The van der Waals surface area contributed by atoms with Crippen molar-refractivity contribution >= 4 is 40.1 Å². The number of ether oxygens (including phenoxy) is 2. The zero-order valence-corrected chi connectivity index (χ0v) is 25.4. The van der Waals surface area contributed by atoms with Gasteiger partial charge < -0.3 is 24.2 Å². The average molecular weight is 596 g/mol. The maximum Gasteiger partial charge on any atom is 0.410 e. The van der Waals surface area contributed by atoms with Crippen LogP contribution in [0.5, 0.6) is 0 Å². The van der Waals surface area contributed by atoms with Gasteiger partial charge in [-0.15, -0.1) is 11.3 Å². The Morgan fingerprint density at radius 1 is 1.10 bits per heavy atom. The highest BCUT2D eigenvalue weighted by Crippen LogP contribution is 2.27. The standard InChI is InChI=1S/C29H37N7O5S/c1-20(37)35-11-13-36(14-12-35)21-8-9-23(31-17-21)26(38)33-27-32-25(19-42-27)22-7-6-10-30-24(22)18-40-16-15-34(5)28(39)41-29(2,3)4/h6-10,17,19H,11-16,18H2,1-5H3,(H,32,33,38). The summed E-state index contributed by atoms with van der Waals surface area (Å²) < 4.78 is 11.2. The van der Waals surface area contributed by atoms with Crippen LogP contribution in [0.1, 0.15) is 43.9 Å². The lowest BCUT2D eigenvalue weighted by Gasteiger charge is -2.35. The van der Waals surface area contributed by atoms with E-state index in [9.17, 15) is 14.4 Å². The molecule has 0 spiro atoms. The van der Waals surface area contributed by atoms with Crippen LogP contribution in [0.15, 0.2) is 42.0 Å². The van der Waals surface area contributed by atoms with Gasteiger partial charge in [0.05, 0.1) is 36.5 Å². The van der Waals surface area contributed by atoms with Crippen LogP contribution in [0.2, 0.25) is 0 Å². The zero-order chi connectivity index (χ0) is 30.3. The number of aromatic nitrogens is 3. The van der Waals surface area contributed by atoms with Crippen LogP contribution < -0.4 is 10.2 Å². The van der Waals surface area contributed by atoms with Gasteiger partial charge in [-0.3, -0.25) is 19.9 Å². The zero-order valence-electron chi connectivity index (χ0n) is 24.6. The number of carbonyl (C=O) groups excluding carboxylic acids is 3. The summed E-state index contributed by atoms with van der Waals surface area (Å²) in [6.45, 7) is 10.7. The maximum absolute atomic E-state index is 12.9. The summed E-state index contributed by atoms with van der Waals surface area (Å²) in [5, 5.41) is 5.12. The van der Waals surface area contributed by atoms with E-state index in [1.165, 1.54) is 16.2 Å². The molecule has 0 unspecified atom stereocenters. The van der Waals surface area contributed by atoms with E-state index in [1.807, 2.05) is 49.3 Å². The lowest BCUT2D eigenvalue weighted by molar-refractivity contribution is -0.129. The van der Waals surface area contributed by atoms with Crippen molar-refractivity contribution in [3.63, 3.8) is 0 Å². The van der Waals surface area contributed by atoms with Gasteiger partial charge in [-0.05, 0) is 45.0 Å². The molecule has 1 N–H and O–H groups in total. The van der Waals surface area contributed by atoms with E-state index in [2.05, 4.69) is 25.2 Å². The Kier molecular flexibility index (Phi) is 10.1. The minimum Gasteiger partial charge on any atom is -0.444 e. The first kappa shape index (κ1) is 30.8. The highest BCUT2D eigenvalue weighted by molar-refractivity contribution is 7.14. The Balaban J connectivity index is 1.30. The van der Waals surface area contributed by atoms with Crippen LogP contribution in [0.3, 0.4) is 0 Å². The summed E-state index contributed by atoms with van der Waals surface area (Å²) in [6.07, 6.45) is 2.96. The Bertz CT molecular complexity index is 1380. The van der Waals surface area contributed by atoms with Gasteiger partial charge in [0.25, 0.3) is 5.91 Å². The molecule has 1 aliphatic rings. The highest BCUT2D eigenvalue weighted by atomic mass is 32.1. The number of likely N-dealkylation sites (N-methyl/N-ethyl adjacent to an activating group) is 1. The van der Waals surface area contributed by atoms with Crippen molar-refractivity contribution in [1.29, 1.82) is 0 Å². The van der Waals surface area contributed by atoms with Gasteiger partial charge in [-0.2, -0.15) is 0 Å². The molecular formula is C29H37N7O5S. The third kappa shape index (κ3) is 8.46. The van der Waals surface area contributed by atoms with E-state index in [-0.39, 0.29) is 24.1 Å². The number of pyridine rings is 2. The highest BCUT2D eigenvalue weighted by Gasteiger charge is 2.21. The molecule has 224 valence electrons. The van der Waals surface area contributed by atoms with E-state index < -0.39 is 11.7 Å². The van der Waals surface area contributed by atoms with Crippen LogP contribution in [-0.4, -0.2) is 94.6 Å². The number of anilines is 2. The minimum absolute atomic E-state index is 0.0818. The summed E-state index contributed by atoms with van der Waals surface area (Å²) in [5.74, 6) is -0.272. The van der Waals surface area contributed by atoms with Crippen molar-refractivity contribution in [1.82, 2.24) is 24.8 Å². The number of hydrogen-bond acceptors (Lipinski definition) is 10. The fraction of sp³-hybridized carbons (Fsp3) is 0.448. The van der Waals surface area contributed by atoms with Gasteiger partial charge in [0.1, 0.15) is 11.3 Å². The number of rotatable bonds is 9. The minimum atomic E-state index is -0.559. The molecule has 13 heteroatoms. The Morgan fingerprint density at radius 3 is 2.52 bits per heavy atom. The molecule has 12 nitrogen and oxygen atoms in total. The van der Waals surface area contributed by atoms with Crippen molar-refractivity contribution in [3.05, 3.63) is 53.4 Å². The quantitative estimate of drug-likeness (QED) is 0.366. The molecule has 1 fully saturated rings. The topological polar surface area (TPSA) is 130 Å². The summed E-state index contributed by atoms with van der Waals surface area (Å²) in [4.78, 5) is 55.4. The number of amides is 3. The first-order valence-corrected chi connectivity index (χ1v) is 14.6. The maximum atomic E-state index is 12.9. The summed E-state index contributed by atoms with van der Waals surface area (Å²) >= 11 is 1.31. The molecule has 0 aromatic carbocycles. The molecule has 0 saturated carbocycles. The van der Waals surface area contributed by atoms with Gasteiger partial charge in [0, 0.05) is 63.8 Å². The third-order valence-corrected chi connectivity index (χ3v) is 7.23. The molecule has 0 bridgehead atoms. The molecule has 0 atom stereocenters. The van der Waals surface area contributed by atoms with Crippen molar-refractivity contribution < 1.29 is 23.9 Å². The molecule has 42 heavy (non-hydrogen) atoms. The van der Waals surface area contributed by atoms with Gasteiger partial charge in [0.2, 0.25) is 5.91 Å². The number of carbonyl (C=O) groups is 3. The van der Waals surface area contributed by atoms with Crippen molar-refractivity contribution in [2.24, 2.45) is 0 Å². The molecule has 1 aliphatic heterocycles. The predicted molar refractivity (Wildman–Crippen MR) is 161 cm³/mol. The van der Waals surface area contributed by atoms with Crippen LogP contribution in [0.4, 0.5) is 15.6 Å². The SMILES string of the molecule is CC(=O)N1CCN(c2ccc(C(=O)Nc3nc(-c4cccnc4COCCN(C)C(=O)OC(C)(C)C)cs3)nc2)CC1. The van der Waals surface area contributed by atoms with E-state index in [0.717, 1.165) is 24.3 Å². The van der Waals surface area contributed by atoms with Gasteiger partial charge >= 0.3 is 6.09 Å². The second-order valence-corrected chi connectivity index (χ2v) is 11.7. The molecule has 3 aromatic heterocycles. The van der Waals surface area contributed by atoms with Gasteiger partial charge in [-0.25, -0.2) is 14.8 Å². The predicted octanol–water partition coefficient (Wildman–Crippen LogP) is 3.90. The number of thiazole rings is 1. The normalized spacial score (nSPS) is 13.5. The molecule has 4 rings (SSSR count). The average Bonchev–Trinajstić information content (AvgIpc) is 3.42. The van der Waals surface area contributed by atoms with E-state index >= 15 is 0 Å². The van der Waals surface area contributed by atoms with Crippen molar-refractivity contribution in [2.45, 2.75) is 39.9 Å². The van der Waals surface area contributed by atoms with Crippen LogP contribution in [-0.2, 0) is 20.9 Å². The Morgan fingerprint density at radius 2 is 1.86 bits per heavy atom. The van der Waals surface area contributed by atoms with Gasteiger partial charge in [0.15, 0.2) is 5.13 Å². The molecule has 3 amide bonds. The molecule has 4 heterocycles. The fourth-order valence-corrected chi connectivity index (χ4v) is 4.90. The Labute approximate surface area is 249 Å². The lowest BCUT2D eigenvalue weighted by atomic mass is 10.1. The second-order valence-electron chi connectivity index (χ2n) is 10.8. The summed E-state index contributed by atoms with van der Waals surface area (Å²) in [7, 11) is 1.66. The third-order valence-electron chi connectivity index (χ3n) is 6.48. The number of nitrogens with zero attached hydrogens (tertiary/aromatic N) is 6. The molecule has 0 aliphatic carbocycles. The second kappa shape index (κ2) is 13.7.